The van der Waals surface area contributed by atoms with Crippen LogP contribution in [0.5, 0.6) is 5.75 Å². The summed E-state index contributed by atoms with van der Waals surface area (Å²) in [5.41, 5.74) is 0. The first-order chi connectivity index (χ1) is 8.08. The van der Waals surface area contributed by atoms with E-state index in [1.165, 1.54) is 3.57 Å². The topological polar surface area (TPSA) is 41.5 Å². The van der Waals surface area contributed by atoms with Crippen LogP contribution in [0.25, 0.3) is 0 Å². The van der Waals surface area contributed by atoms with Crippen LogP contribution < -0.4 is 10.1 Å². The van der Waals surface area contributed by atoms with Gasteiger partial charge in [-0.05, 0) is 59.3 Å². The lowest BCUT2D eigenvalue weighted by Gasteiger charge is -2.14. The van der Waals surface area contributed by atoms with Gasteiger partial charge in [-0.15, -0.1) is 0 Å². The van der Waals surface area contributed by atoms with Crippen molar-refractivity contribution in [3.8, 4) is 5.75 Å². The van der Waals surface area contributed by atoms with Crippen molar-refractivity contribution in [2.45, 2.75) is 20.0 Å². The summed E-state index contributed by atoms with van der Waals surface area (Å²) in [6.45, 7) is 6.10. The highest BCUT2D eigenvalue weighted by Crippen LogP contribution is 2.13. The number of benzene rings is 1. The van der Waals surface area contributed by atoms with E-state index in [2.05, 4.69) is 41.8 Å². The lowest BCUT2D eigenvalue weighted by Crippen LogP contribution is -2.33. The number of halogens is 1. The quantitative estimate of drug-likeness (QED) is 0.743. The largest absolute Gasteiger partial charge is 0.491 e. The minimum Gasteiger partial charge on any atom is -0.491 e. The monoisotopic (exact) mass is 349 g/mol. The Hall–Kier alpha value is -0.330. The number of ether oxygens (including phenoxy) is 1. The van der Waals surface area contributed by atoms with Crippen LogP contribution in [0.3, 0.4) is 0 Å². The predicted octanol–water partition coefficient (Wildman–Crippen LogP) is 2.28. The predicted molar refractivity (Wildman–Crippen MR) is 78.4 cm³/mol. The molecule has 1 rings (SSSR count). The molecule has 1 unspecified atom stereocenters. The lowest BCUT2D eigenvalue weighted by atomic mass is 10.2. The molecule has 0 radical (unpaired) electrons. The van der Waals surface area contributed by atoms with Gasteiger partial charge in [-0.3, -0.25) is 0 Å². The molecule has 4 heteroatoms. The maximum atomic E-state index is 9.69. The van der Waals surface area contributed by atoms with Crippen molar-refractivity contribution in [2.75, 3.05) is 19.7 Å². The van der Waals surface area contributed by atoms with Crippen LogP contribution in [0.4, 0.5) is 0 Å². The van der Waals surface area contributed by atoms with E-state index in [1.807, 2.05) is 24.3 Å². The van der Waals surface area contributed by atoms with E-state index in [1.54, 1.807) is 0 Å². The SMILES string of the molecule is CC(C)CNCC(O)COc1ccc(I)cc1. The molecular formula is C13H20INO2. The van der Waals surface area contributed by atoms with Crippen LogP contribution in [0.15, 0.2) is 24.3 Å². The molecule has 0 fully saturated rings. The number of rotatable bonds is 7. The summed E-state index contributed by atoms with van der Waals surface area (Å²) in [6.07, 6.45) is -0.465. The van der Waals surface area contributed by atoms with Crippen molar-refractivity contribution in [3.05, 3.63) is 27.8 Å². The first-order valence-electron chi connectivity index (χ1n) is 5.85. The van der Waals surface area contributed by atoms with Crippen LogP contribution >= 0.6 is 22.6 Å². The minimum absolute atomic E-state index is 0.325. The molecule has 0 aliphatic rings. The third kappa shape index (κ3) is 6.85. The van der Waals surface area contributed by atoms with Gasteiger partial charge >= 0.3 is 0 Å². The molecule has 0 saturated carbocycles. The summed E-state index contributed by atoms with van der Waals surface area (Å²) in [5, 5.41) is 12.9. The maximum Gasteiger partial charge on any atom is 0.119 e. The highest BCUT2D eigenvalue weighted by atomic mass is 127. The van der Waals surface area contributed by atoms with Crippen LogP contribution in [-0.2, 0) is 0 Å². The molecule has 0 spiro atoms. The van der Waals surface area contributed by atoms with Gasteiger partial charge in [0, 0.05) is 10.1 Å². The molecule has 0 aromatic heterocycles. The van der Waals surface area contributed by atoms with Gasteiger partial charge in [0.1, 0.15) is 18.5 Å². The second kappa shape index (κ2) is 7.89. The fourth-order valence-corrected chi connectivity index (χ4v) is 1.68. The number of aliphatic hydroxyl groups is 1. The molecule has 3 nitrogen and oxygen atoms in total. The standard InChI is InChI=1S/C13H20INO2/c1-10(2)7-15-8-12(16)9-17-13-5-3-11(14)4-6-13/h3-6,10,12,15-16H,7-9H2,1-2H3. The van der Waals surface area contributed by atoms with Gasteiger partial charge in [0.05, 0.1) is 0 Å². The summed E-state index contributed by atoms with van der Waals surface area (Å²) in [4.78, 5) is 0. The van der Waals surface area contributed by atoms with Crippen LogP contribution in [0.2, 0.25) is 0 Å². The van der Waals surface area contributed by atoms with E-state index in [0.717, 1.165) is 12.3 Å². The number of nitrogens with one attached hydrogen (secondary N) is 1. The smallest absolute Gasteiger partial charge is 0.119 e. The molecular weight excluding hydrogens is 329 g/mol. The van der Waals surface area contributed by atoms with Crippen LogP contribution in [-0.4, -0.2) is 30.9 Å². The highest BCUT2D eigenvalue weighted by Gasteiger charge is 2.05. The van der Waals surface area contributed by atoms with Crippen molar-refractivity contribution in [1.29, 1.82) is 0 Å². The van der Waals surface area contributed by atoms with Gasteiger partial charge in [-0.2, -0.15) is 0 Å². The third-order valence-electron chi connectivity index (χ3n) is 2.19. The molecule has 1 atom stereocenters. The molecule has 1 aromatic carbocycles. The highest BCUT2D eigenvalue weighted by molar-refractivity contribution is 14.1. The second-order valence-corrected chi connectivity index (χ2v) is 5.72. The van der Waals surface area contributed by atoms with Crippen LogP contribution in [0.1, 0.15) is 13.8 Å². The van der Waals surface area contributed by atoms with Crippen molar-refractivity contribution in [2.24, 2.45) is 5.92 Å². The molecule has 0 amide bonds. The minimum atomic E-state index is -0.465. The Morgan fingerprint density at radius 1 is 1.24 bits per heavy atom. The average molecular weight is 349 g/mol. The summed E-state index contributed by atoms with van der Waals surface area (Å²) >= 11 is 2.25. The molecule has 96 valence electrons. The third-order valence-corrected chi connectivity index (χ3v) is 2.91. The normalized spacial score (nSPS) is 12.8. The fourth-order valence-electron chi connectivity index (χ4n) is 1.32. The molecule has 0 bridgehead atoms. The first-order valence-corrected chi connectivity index (χ1v) is 6.93. The first kappa shape index (κ1) is 14.7. The Labute approximate surface area is 117 Å². The number of hydrogen-bond donors (Lipinski definition) is 2. The zero-order chi connectivity index (χ0) is 12.7. The zero-order valence-electron chi connectivity index (χ0n) is 10.3. The summed E-state index contributed by atoms with van der Waals surface area (Å²) < 4.78 is 6.66. The molecule has 0 aliphatic carbocycles. The Morgan fingerprint density at radius 3 is 2.47 bits per heavy atom. The van der Waals surface area contributed by atoms with E-state index < -0.39 is 6.10 Å². The lowest BCUT2D eigenvalue weighted by molar-refractivity contribution is 0.106. The molecule has 0 aliphatic heterocycles. The van der Waals surface area contributed by atoms with Gasteiger partial charge in [0.2, 0.25) is 0 Å². The Morgan fingerprint density at radius 2 is 1.88 bits per heavy atom. The van der Waals surface area contributed by atoms with Crippen molar-refractivity contribution < 1.29 is 9.84 Å². The van der Waals surface area contributed by atoms with E-state index in [9.17, 15) is 5.11 Å². The molecule has 0 heterocycles. The van der Waals surface area contributed by atoms with Gasteiger partial charge in [-0.1, -0.05) is 13.8 Å². The van der Waals surface area contributed by atoms with E-state index >= 15 is 0 Å². The molecule has 17 heavy (non-hydrogen) atoms. The average Bonchev–Trinajstić information content (AvgIpc) is 2.28. The van der Waals surface area contributed by atoms with Gasteiger partial charge in [-0.25, -0.2) is 0 Å². The maximum absolute atomic E-state index is 9.69. The van der Waals surface area contributed by atoms with E-state index in [4.69, 9.17) is 4.74 Å². The zero-order valence-corrected chi connectivity index (χ0v) is 12.5. The fraction of sp³-hybridized carbons (Fsp3) is 0.538. The van der Waals surface area contributed by atoms with Crippen LogP contribution in [0, 0.1) is 9.49 Å². The summed E-state index contributed by atoms with van der Waals surface area (Å²) in [6, 6.07) is 7.80. The summed E-state index contributed by atoms with van der Waals surface area (Å²) in [5.74, 6) is 1.40. The Kier molecular flexibility index (Phi) is 6.84. The van der Waals surface area contributed by atoms with Gasteiger partial charge < -0.3 is 15.2 Å². The molecule has 2 N–H and O–H groups in total. The number of aliphatic hydroxyl groups excluding tert-OH is 1. The summed E-state index contributed by atoms with van der Waals surface area (Å²) in [7, 11) is 0. The Balaban J connectivity index is 2.19. The second-order valence-electron chi connectivity index (χ2n) is 4.47. The Bertz CT molecular complexity index is 314. The molecule has 0 saturated heterocycles. The van der Waals surface area contributed by atoms with Crippen molar-refractivity contribution >= 4 is 22.6 Å². The van der Waals surface area contributed by atoms with Gasteiger partial charge in [0.15, 0.2) is 0 Å². The van der Waals surface area contributed by atoms with E-state index in [-0.39, 0.29) is 0 Å². The van der Waals surface area contributed by atoms with Crippen molar-refractivity contribution in [3.63, 3.8) is 0 Å². The van der Waals surface area contributed by atoms with Gasteiger partial charge in [0.25, 0.3) is 0 Å². The molecule has 1 aromatic rings. The van der Waals surface area contributed by atoms with Crippen molar-refractivity contribution in [1.82, 2.24) is 5.32 Å². The number of hydrogen-bond acceptors (Lipinski definition) is 3. The van der Waals surface area contributed by atoms with E-state index in [0.29, 0.717) is 19.1 Å².